The highest BCUT2D eigenvalue weighted by atomic mass is 16.5. The quantitative estimate of drug-likeness (QED) is 0.313. The largest absolute Gasteiger partial charge is 0.494 e. The molecule has 0 fully saturated rings. The third-order valence-electron chi connectivity index (χ3n) is 4.65. The normalized spacial score (nSPS) is 10.5. The molecule has 2 aromatic carbocycles. The molecule has 0 spiro atoms. The molecule has 3 rings (SSSR count). The molecule has 0 aliphatic carbocycles. The molecule has 31 heavy (non-hydrogen) atoms. The standard InChI is InChI=1S/C24H31N5O2/c1-3-5-15-30-20-11-7-18(8-12-20)28-23-22(25)24(27-17-26-23)29-19-9-13-21(14-10-19)31-16-6-4-2/h7-14,17H,3-6,15-16,25H2,1-2H3,(H2,26,27,28,29). The number of nitrogens with two attached hydrogens (primary N) is 1. The van der Waals surface area contributed by atoms with E-state index in [0.717, 1.165) is 61.8 Å². The molecule has 0 aliphatic heterocycles. The van der Waals surface area contributed by atoms with E-state index in [4.69, 9.17) is 15.2 Å². The van der Waals surface area contributed by atoms with Crippen LogP contribution < -0.4 is 25.8 Å². The molecule has 0 aliphatic rings. The summed E-state index contributed by atoms with van der Waals surface area (Å²) in [5.74, 6) is 2.77. The van der Waals surface area contributed by atoms with E-state index in [1.165, 1.54) is 6.33 Å². The number of rotatable bonds is 12. The van der Waals surface area contributed by atoms with Gasteiger partial charge in [0.05, 0.1) is 13.2 Å². The van der Waals surface area contributed by atoms with Crippen molar-refractivity contribution >= 4 is 28.7 Å². The van der Waals surface area contributed by atoms with Crippen molar-refractivity contribution in [2.75, 3.05) is 29.6 Å². The lowest BCUT2D eigenvalue weighted by atomic mass is 10.2. The summed E-state index contributed by atoms with van der Waals surface area (Å²) >= 11 is 0. The Morgan fingerprint density at radius 1 is 0.710 bits per heavy atom. The molecule has 4 N–H and O–H groups in total. The number of nitrogen functional groups attached to an aromatic ring is 1. The molecular formula is C24H31N5O2. The number of hydrogen-bond donors (Lipinski definition) is 3. The van der Waals surface area contributed by atoms with Gasteiger partial charge in [0.15, 0.2) is 11.6 Å². The average Bonchev–Trinajstić information content (AvgIpc) is 2.79. The number of anilines is 5. The van der Waals surface area contributed by atoms with Crippen molar-refractivity contribution in [2.45, 2.75) is 39.5 Å². The van der Waals surface area contributed by atoms with Gasteiger partial charge in [-0.25, -0.2) is 9.97 Å². The van der Waals surface area contributed by atoms with Gasteiger partial charge in [0.1, 0.15) is 23.5 Å². The van der Waals surface area contributed by atoms with Crippen molar-refractivity contribution in [1.29, 1.82) is 0 Å². The fourth-order valence-corrected chi connectivity index (χ4v) is 2.81. The molecule has 0 amide bonds. The summed E-state index contributed by atoms with van der Waals surface area (Å²) < 4.78 is 11.4. The third kappa shape index (κ3) is 6.77. The van der Waals surface area contributed by atoms with E-state index in [2.05, 4.69) is 34.4 Å². The van der Waals surface area contributed by atoms with Crippen LogP contribution in [0.15, 0.2) is 54.9 Å². The molecule has 1 aromatic heterocycles. The summed E-state index contributed by atoms with van der Waals surface area (Å²) in [6, 6.07) is 15.5. The predicted octanol–water partition coefficient (Wildman–Crippen LogP) is 5.90. The maximum Gasteiger partial charge on any atom is 0.159 e. The monoisotopic (exact) mass is 421 g/mol. The molecule has 164 valence electrons. The van der Waals surface area contributed by atoms with Gasteiger partial charge in [-0.1, -0.05) is 26.7 Å². The third-order valence-corrected chi connectivity index (χ3v) is 4.65. The van der Waals surface area contributed by atoms with Crippen LogP contribution in [0.3, 0.4) is 0 Å². The van der Waals surface area contributed by atoms with Gasteiger partial charge in [-0.3, -0.25) is 0 Å². The van der Waals surface area contributed by atoms with Crippen LogP contribution in [0.4, 0.5) is 28.7 Å². The topological polar surface area (TPSA) is 94.3 Å². The minimum absolute atomic E-state index is 0.439. The smallest absolute Gasteiger partial charge is 0.159 e. The Hall–Kier alpha value is -3.48. The average molecular weight is 422 g/mol. The number of nitrogens with zero attached hydrogens (tertiary/aromatic N) is 2. The second-order valence-electron chi connectivity index (χ2n) is 7.19. The zero-order valence-electron chi connectivity index (χ0n) is 18.2. The molecule has 7 heteroatoms. The number of benzene rings is 2. The molecular weight excluding hydrogens is 390 g/mol. The molecule has 0 saturated heterocycles. The highest BCUT2D eigenvalue weighted by Gasteiger charge is 2.09. The van der Waals surface area contributed by atoms with Crippen LogP contribution >= 0.6 is 0 Å². The van der Waals surface area contributed by atoms with Crippen LogP contribution in [-0.2, 0) is 0 Å². The fraction of sp³-hybridized carbons (Fsp3) is 0.333. The molecule has 1 heterocycles. The summed E-state index contributed by atoms with van der Waals surface area (Å²) in [6.07, 6.45) is 5.79. The van der Waals surface area contributed by atoms with E-state index in [0.29, 0.717) is 17.3 Å². The van der Waals surface area contributed by atoms with Gasteiger partial charge in [-0.2, -0.15) is 0 Å². The number of unbranched alkanes of at least 4 members (excludes halogenated alkanes) is 2. The highest BCUT2D eigenvalue weighted by molar-refractivity contribution is 5.80. The second-order valence-corrected chi connectivity index (χ2v) is 7.19. The lowest BCUT2D eigenvalue weighted by Gasteiger charge is -2.13. The molecule has 0 unspecified atom stereocenters. The Balaban J connectivity index is 1.62. The van der Waals surface area contributed by atoms with E-state index in [1.807, 2.05) is 48.5 Å². The SMILES string of the molecule is CCCCOc1ccc(Nc2ncnc(Nc3ccc(OCCCC)cc3)c2N)cc1. The molecule has 0 saturated carbocycles. The van der Waals surface area contributed by atoms with E-state index in [1.54, 1.807) is 0 Å². The number of aromatic nitrogens is 2. The van der Waals surface area contributed by atoms with Crippen LogP contribution in [0.1, 0.15) is 39.5 Å². The summed E-state index contributed by atoms with van der Waals surface area (Å²) in [5, 5.41) is 6.48. The van der Waals surface area contributed by atoms with E-state index in [-0.39, 0.29) is 0 Å². The van der Waals surface area contributed by atoms with Gasteiger partial charge >= 0.3 is 0 Å². The first kappa shape index (κ1) is 22.2. The van der Waals surface area contributed by atoms with Crippen molar-refractivity contribution in [2.24, 2.45) is 0 Å². The molecule has 0 bridgehead atoms. The highest BCUT2D eigenvalue weighted by Crippen LogP contribution is 2.29. The Labute approximate surface area is 184 Å². The molecule has 7 nitrogen and oxygen atoms in total. The number of nitrogens with one attached hydrogen (secondary N) is 2. The minimum Gasteiger partial charge on any atom is -0.494 e. The Bertz CT molecular complexity index is 856. The van der Waals surface area contributed by atoms with Crippen LogP contribution in [0.5, 0.6) is 11.5 Å². The first-order valence-electron chi connectivity index (χ1n) is 10.8. The van der Waals surface area contributed by atoms with Gasteiger partial charge in [0, 0.05) is 11.4 Å². The van der Waals surface area contributed by atoms with E-state index in [9.17, 15) is 0 Å². The maximum atomic E-state index is 6.30. The van der Waals surface area contributed by atoms with Crippen molar-refractivity contribution in [3.8, 4) is 11.5 Å². The lowest BCUT2D eigenvalue weighted by molar-refractivity contribution is 0.309. The van der Waals surface area contributed by atoms with Crippen molar-refractivity contribution < 1.29 is 9.47 Å². The molecule has 0 atom stereocenters. The zero-order chi connectivity index (χ0) is 21.9. The minimum atomic E-state index is 0.439. The molecule has 3 aromatic rings. The van der Waals surface area contributed by atoms with Gasteiger partial charge in [-0.05, 0) is 61.4 Å². The Kier molecular flexibility index (Phi) is 8.34. The fourth-order valence-electron chi connectivity index (χ4n) is 2.81. The Morgan fingerprint density at radius 3 is 1.52 bits per heavy atom. The van der Waals surface area contributed by atoms with Crippen LogP contribution in [0, 0.1) is 0 Å². The first-order chi connectivity index (χ1) is 15.2. The van der Waals surface area contributed by atoms with Crippen LogP contribution in [0.2, 0.25) is 0 Å². The van der Waals surface area contributed by atoms with Crippen molar-refractivity contribution in [1.82, 2.24) is 9.97 Å². The first-order valence-corrected chi connectivity index (χ1v) is 10.8. The second kappa shape index (κ2) is 11.6. The summed E-state index contributed by atoms with van der Waals surface area (Å²) in [5.41, 5.74) is 8.48. The van der Waals surface area contributed by atoms with Crippen LogP contribution in [-0.4, -0.2) is 23.2 Å². The van der Waals surface area contributed by atoms with Gasteiger partial charge < -0.3 is 25.8 Å². The number of hydrogen-bond acceptors (Lipinski definition) is 7. The molecule has 0 radical (unpaired) electrons. The van der Waals surface area contributed by atoms with Crippen molar-refractivity contribution in [3.63, 3.8) is 0 Å². The zero-order valence-corrected chi connectivity index (χ0v) is 18.2. The summed E-state index contributed by atoms with van der Waals surface area (Å²) in [6.45, 7) is 5.74. The summed E-state index contributed by atoms with van der Waals surface area (Å²) in [7, 11) is 0. The van der Waals surface area contributed by atoms with Gasteiger partial charge in [0.2, 0.25) is 0 Å². The lowest BCUT2D eigenvalue weighted by Crippen LogP contribution is -2.05. The Morgan fingerprint density at radius 2 is 1.13 bits per heavy atom. The van der Waals surface area contributed by atoms with Crippen LogP contribution in [0.25, 0.3) is 0 Å². The maximum absolute atomic E-state index is 6.30. The number of ether oxygens (including phenoxy) is 2. The van der Waals surface area contributed by atoms with E-state index < -0.39 is 0 Å². The summed E-state index contributed by atoms with van der Waals surface area (Å²) in [4.78, 5) is 8.55. The van der Waals surface area contributed by atoms with Crippen molar-refractivity contribution in [3.05, 3.63) is 54.9 Å². The predicted molar refractivity (Wildman–Crippen MR) is 127 cm³/mol. The van der Waals surface area contributed by atoms with Gasteiger partial charge in [0.25, 0.3) is 0 Å². The van der Waals surface area contributed by atoms with E-state index >= 15 is 0 Å². The van der Waals surface area contributed by atoms with Gasteiger partial charge in [-0.15, -0.1) is 0 Å².